The highest BCUT2D eigenvalue weighted by Gasteiger charge is 2.28. The van der Waals surface area contributed by atoms with Crippen LogP contribution in [-0.2, 0) is 4.74 Å². The molecule has 0 saturated heterocycles. The Morgan fingerprint density at radius 3 is 2.25 bits per heavy atom. The van der Waals surface area contributed by atoms with Crippen LogP contribution in [0.4, 0.5) is 13.2 Å². The summed E-state index contributed by atoms with van der Waals surface area (Å²) in [5.74, 6) is -3.97. The normalized spacial score (nSPS) is 17.0. The number of carbonyl (C=O) groups is 2. The molecule has 1 aliphatic rings. The van der Waals surface area contributed by atoms with Crippen molar-refractivity contribution in [2.24, 2.45) is 0 Å². The summed E-state index contributed by atoms with van der Waals surface area (Å²) >= 11 is 0. The van der Waals surface area contributed by atoms with Gasteiger partial charge in [-0.05, 0) is 68.1 Å². The van der Waals surface area contributed by atoms with Gasteiger partial charge >= 0.3 is 11.7 Å². The van der Waals surface area contributed by atoms with E-state index in [1.165, 1.54) is 37.4 Å². The van der Waals surface area contributed by atoms with E-state index in [4.69, 9.17) is 0 Å². The van der Waals surface area contributed by atoms with E-state index in [2.05, 4.69) is 15.0 Å². The minimum absolute atomic E-state index is 0.0686. The minimum atomic E-state index is -1.20. The number of carbonyl (C=O) groups excluding carboxylic acids is 2. The SMILES string of the molecule is COC(=O)c1ccc(C(=O)N[C@H]2CC[C@@H](n3c(=O)c4cc(F)cnc4n(-c4ccc(F)c(F)c4)c3=O)CC2)cc1. The maximum Gasteiger partial charge on any atom is 0.337 e. The predicted octanol–water partition coefficient (Wildman–Crippen LogP) is 3.67. The zero-order valence-electron chi connectivity index (χ0n) is 21.2. The monoisotopic (exact) mass is 552 g/mol. The summed E-state index contributed by atoms with van der Waals surface area (Å²) in [5.41, 5.74) is -1.16. The van der Waals surface area contributed by atoms with Crippen molar-refractivity contribution in [1.82, 2.24) is 19.4 Å². The molecule has 0 radical (unpaired) electrons. The average molecular weight is 553 g/mol. The molecule has 1 N–H and O–H groups in total. The third kappa shape index (κ3) is 4.99. The molecular formula is C28H23F3N4O5. The Kier molecular flexibility index (Phi) is 7.24. The number of methoxy groups -OCH3 is 1. The molecule has 1 aliphatic carbocycles. The maximum atomic E-state index is 14.1. The lowest BCUT2D eigenvalue weighted by Crippen LogP contribution is -2.45. The highest BCUT2D eigenvalue weighted by Crippen LogP contribution is 2.28. The number of nitrogens with zero attached hydrogens (tertiary/aromatic N) is 3. The fourth-order valence-electron chi connectivity index (χ4n) is 4.98. The quantitative estimate of drug-likeness (QED) is 0.378. The van der Waals surface area contributed by atoms with Gasteiger partial charge in [0.1, 0.15) is 5.82 Å². The lowest BCUT2D eigenvalue weighted by Gasteiger charge is -2.30. The summed E-state index contributed by atoms with van der Waals surface area (Å²) < 4.78 is 48.3. The molecule has 4 aromatic rings. The first-order valence-electron chi connectivity index (χ1n) is 12.5. The van der Waals surface area contributed by atoms with Crippen molar-refractivity contribution in [1.29, 1.82) is 0 Å². The van der Waals surface area contributed by atoms with Gasteiger partial charge in [0.2, 0.25) is 0 Å². The van der Waals surface area contributed by atoms with E-state index in [9.17, 15) is 32.3 Å². The molecule has 0 unspecified atom stereocenters. The summed E-state index contributed by atoms with van der Waals surface area (Å²) in [7, 11) is 1.26. The Morgan fingerprint density at radius 2 is 1.60 bits per heavy atom. The minimum Gasteiger partial charge on any atom is -0.465 e. The Morgan fingerprint density at radius 1 is 0.925 bits per heavy atom. The molecule has 5 rings (SSSR count). The second-order valence-electron chi connectivity index (χ2n) is 9.46. The molecule has 12 heteroatoms. The number of amides is 1. The summed E-state index contributed by atoms with van der Waals surface area (Å²) in [5, 5.41) is 2.74. The van der Waals surface area contributed by atoms with Gasteiger partial charge in [-0.3, -0.25) is 14.2 Å². The molecule has 0 aliphatic heterocycles. The third-order valence-electron chi connectivity index (χ3n) is 7.02. The Bertz CT molecular complexity index is 1740. The third-order valence-corrected chi connectivity index (χ3v) is 7.02. The van der Waals surface area contributed by atoms with E-state index in [0.717, 1.165) is 33.5 Å². The molecule has 40 heavy (non-hydrogen) atoms. The number of aromatic nitrogens is 3. The number of hydrogen-bond donors (Lipinski definition) is 1. The molecule has 0 atom stereocenters. The number of ether oxygens (including phenoxy) is 1. The molecular weight excluding hydrogens is 529 g/mol. The Hall–Kier alpha value is -4.74. The second-order valence-corrected chi connectivity index (χ2v) is 9.46. The van der Waals surface area contributed by atoms with Crippen molar-refractivity contribution in [3.8, 4) is 5.69 Å². The van der Waals surface area contributed by atoms with Crippen molar-refractivity contribution in [2.45, 2.75) is 37.8 Å². The van der Waals surface area contributed by atoms with Crippen molar-refractivity contribution in [3.05, 3.63) is 104 Å². The van der Waals surface area contributed by atoms with Crippen LogP contribution in [-0.4, -0.2) is 39.1 Å². The number of fused-ring (bicyclic) bond motifs is 1. The van der Waals surface area contributed by atoms with E-state index in [0.29, 0.717) is 36.8 Å². The fraction of sp³-hybridized carbons (Fsp3) is 0.250. The van der Waals surface area contributed by atoms with Crippen molar-refractivity contribution in [2.75, 3.05) is 7.11 Å². The zero-order chi connectivity index (χ0) is 28.6. The number of hydrogen-bond acceptors (Lipinski definition) is 6. The molecule has 2 aromatic carbocycles. The highest BCUT2D eigenvalue weighted by molar-refractivity contribution is 5.96. The van der Waals surface area contributed by atoms with Gasteiger partial charge in [0, 0.05) is 23.7 Å². The van der Waals surface area contributed by atoms with Gasteiger partial charge in [0.05, 0.1) is 29.9 Å². The number of pyridine rings is 1. The summed E-state index contributed by atoms with van der Waals surface area (Å²) in [4.78, 5) is 55.2. The lowest BCUT2D eigenvalue weighted by molar-refractivity contribution is 0.0600. The predicted molar refractivity (Wildman–Crippen MR) is 138 cm³/mol. The van der Waals surface area contributed by atoms with Crippen LogP contribution in [0, 0.1) is 17.5 Å². The van der Waals surface area contributed by atoms with Crippen LogP contribution in [0.1, 0.15) is 52.4 Å². The van der Waals surface area contributed by atoms with E-state index in [-0.39, 0.29) is 28.7 Å². The molecule has 206 valence electrons. The Balaban J connectivity index is 1.41. The topological polar surface area (TPSA) is 112 Å². The van der Waals surface area contributed by atoms with Gasteiger partial charge in [-0.1, -0.05) is 0 Å². The van der Waals surface area contributed by atoms with Gasteiger partial charge in [0.25, 0.3) is 11.5 Å². The molecule has 0 spiro atoms. The van der Waals surface area contributed by atoms with Crippen molar-refractivity contribution in [3.63, 3.8) is 0 Å². The molecule has 2 heterocycles. The number of halogens is 3. The second kappa shape index (κ2) is 10.8. The molecule has 2 aromatic heterocycles. The average Bonchev–Trinajstić information content (AvgIpc) is 2.96. The lowest BCUT2D eigenvalue weighted by atomic mass is 9.90. The van der Waals surface area contributed by atoms with E-state index in [1.807, 2.05) is 0 Å². The number of esters is 1. The largest absolute Gasteiger partial charge is 0.465 e. The number of rotatable bonds is 5. The van der Waals surface area contributed by atoms with Crippen LogP contribution in [0.15, 0.2) is 64.3 Å². The standard InChI is InChI=1S/C28H23F3N4O5/c1-40-27(38)16-4-2-15(3-5-16)25(36)33-18-6-8-19(9-7-18)35-26(37)21-12-17(29)14-32-24(21)34(28(35)39)20-10-11-22(30)23(31)13-20/h2-5,10-14,18-19H,6-9H2,1H3,(H,33,36)/t18-,19+. The summed E-state index contributed by atoms with van der Waals surface area (Å²) in [6.45, 7) is 0. The van der Waals surface area contributed by atoms with Gasteiger partial charge in [-0.15, -0.1) is 0 Å². The molecule has 9 nitrogen and oxygen atoms in total. The van der Waals surface area contributed by atoms with Crippen molar-refractivity contribution >= 4 is 22.9 Å². The van der Waals surface area contributed by atoms with E-state index < -0.39 is 40.7 Å². The maximum absolute atomic E-state index is 14.1. The smallest absolute Gasteiger partial charge is 0.337 e. The number of nitrogens with one attached hydrogen (secondary N) is 1. The van der Waals surface area contributed by atoms with Crippen LogP contribution in [0.5, 0.6) is 0 Å². The van der Waals surface area contributed by atoms with Gasteiger partial charge in [0.15, 0.2) is 17.3 Å². The number of benzene rings is 2. The Labute approximate surface area is 224 Å². The van der Waals surface area contributed by atoms with Crippen LogP contribution in [0.25, 0.3) is 16.7 Å². The van der Waals surface area contributed by atoms with Crippen molar-refractivity contribution < 1.29 is 27.5 Å². The van der Waals surface area contributed by atoms with Crippen LogP contribution >= 0.6 is 0 Å². The van der Waals surface area contributed by atoms with Gasteiger partial charge < -0.3 is 10.1 Å². The molecule has 1 saturated carbocycles. The van der Waals surface area contributed by atoms with Crippen LogP contribution in [0.3, 0.4) is 0 Å². The van der Waals surface area contributed by atoms with Gasteiger partial charge in [-0.2, -0.15) is 0 Å². The first-order chi connectivity index (χ1) is 19.2. The van der Waals surface area contributed by atoms with E-state index >= 15 is 0 Å². The van der Waals surface area contributed by atoms with Crippen LogP contribution in [0.2, 0.25) is 0 Å². The highest BCUT2D eigenvalue weighted by atomic mass is 19.2. The fourth-order valence-corrected chi connectivity index (χ4v) is 4.98. The van der Waals surface area contributed by atoms with Crippen LogP contribution < -0.4 is 16.6 Å². The first-order valence-corrected chi connectivity index (χ1v) is 12.5. The summed E-state index contributed by atoms with van der Waals surface area (Å²) in [6, 6.07) is 8.94. The molecule has 1 amide bonds. The molecule has 1 fully saturated rings. The summed E-state index contributed by atoms with van der Waals surface area (Å²) in [6.07, 6.45) is 2.39. The van der Waals surface area contributed by atoms with Gasteiger partial charge in [-0.25, -0.2) is 32.3 Å². The first kappa shape index (κ1) is 26.9. The van der Waals surface area contributed by atoms with E-state index in [1.54, 1.807) is 0 Å². The molecule has 0 bridgehead atoms. The zero-order valence-corrected chi connectivity index (χ0v) is 21.2.